The fraction of sp³-hybridized carbons (Fsp3) is 0.300. The number of rotatable bonds is 2. The summed E-state index contributed by atoms with van der Waals surface area (Å²) in [6, 6.07) is 19.0. The SMILES string of the molecule is CC.O=C1CCN(C(=O)c2ccccc2)CC1c1ccccc1. The number of carbonyl (C=O) groups is 2. The third kappa shape index (κ3) is 4.07. The third-order valence-electron chi connectivity index (χ3n) is 3.93. The Morgan fingerprint density at radius 1 is 0.957 bits per heavy atom. The van der Waals surface area contributed by atoms with Crippen LogP contribution in [0.1, 0.15) is 42.1 Å². The van der Waals surface area contributed by atoms with E-state index in [-0.39, 0.29) is 17.6 Å². The van der Waals surface area contributed by atoms with Gasteiger partial charge in [0.2, 0.25) is 0 Å². The van der Waals surface area contributed by atoms with Gasteiger partial charge in [0.05, 0.1) is 5.92 Å². The van der Waals surface area contributed by atoms with Crippen molar-refractivity contribution in [2.45, 2.75) is 26.2 Å². The first-order valence-electron chi connectivity index (χ1n) is 8.17. The molecule has 0 radical (unpaired) electrons. The van der Waals surface area contributed by atoms with E-state index in [0.717, 1.165) is 5.56 Å². The lowest BCUT2D eigenvalue weighted by Gasteiger charge is -2.32. The molecule has 1 amide bonds. The molecule has 0 N–H and O–H groups in total. The fourth-order valence-corrected chi connectivity index (χ4v) is 2.76. The van der Waals surface area contributed by atoms with E-state index in [1.165, 1.54) is 0 Å². The molecule has 1 atom stereocenters. The van der Waals surface area contributed by atoms with Crippen LogP contribution in [0.15, 0.2) is 60.7 Å². The smallest absolute Gasteiger partial charge is 0.253 e. The molecule has 0 saturated carbocycles. The molecule has 1 aliphatic heterocycles. The zero-order valence-electron chi connectivity index (χ0n) is 13.7. The highest BCUT2D eigenvalue weighted by Crippen LogP contribution is 2.25. The summed E-state index contributed by atoms with van der Waals surface area (Å²) in [5, 5.41) is 0. The van der Waals surface area contributed by atoms with Gasteiger partial charge in [-0.2, -0.15) is 0 Å². The molecule has 2 aromatic carbocycles. The van der Waals surface area contributed by atoms with Crippen LogP contribution in [0.4, 0.5) is 0 Å². The zero-order chi connectivity index (χ0) is 16.7. The molecule has 1 heterocycles. The molecular formula is C20H23NO2. The molecule has 3 heteroatoms. The second-order valence-electron chi connectivity index (χ2n) is 5.30. The lowest BCUT2D eigenvalue weighted by atomic mass is 9.89. The van der Waals surface area contributed by atoms with Crippen LogP contribution < -0.4 is 0 Å². The molecule has 3 rings (SSSR count). The Kier molecular flexibility index (Phi) is 6.10. The first kappa shape index (κ1) is 16.9. The Bertz CT molecular complexity index is 637. The molecule has 2 aromatic rings. The average molecular weight is 309 g/mol. The second kappa shape index (κ2) is 8.28. The summed E-state index contributed by atoms with van der Waals surface area (Å²) >= 11 is 0. The van der Waals surface area contributed by atoms with Gasteiger partial charge in [-0.25, -0.2) is 0 Å². The minimum Gasteiger partial charge on any atom is -0.337 e. The maximum Gasteiger partial charge on any atom is 0.253 e. The van der Waals surface area contributed by atoms with Crippen molar-refractivity contribution in [2.24, 2.45) is 0 Å². The van der Waals surface area contributed by atoms with E-state index in [0.29, 0.717) is 25.1 Å². The van der Waals surface area contributed by atoms with E-state index < -0.39 is 0 Å². The molecule has 0 aliphatic carbocycles. The first-order valence-corrected chi connectivity index (χ1v) is 8.17. The number of nitrogens with zero attached hydrogens (tertiary/aromatic N) is 1. The van der Waals surface area contributed by atoms with Gasteiger partial charge in [0.15, 0.2) is 0 Å². The van der Waals surface area contributed by atoms with Crippen LogP contribution in [0.25, 0.3) is 0 Å². The number of piperidine rings is 1. The number of Topliss-reactive ketones (excluding diaryl/α,β-unsaturated/α-hetero) is 1. The molecule has 1 fully saturated rings. The van der Waals surface area contributed by atoms with Crippen LogP contribution in [0.2, 0.25) is 0 Å². The molecule has 1 unspecified atom stereocenters. The van der Waals surface area contributed by atoms with Gasteiger partial charge in [0.25, 0.3) is 5.91 Å². The van der Waals surface area contributed by atoms with E-state index in [2.05, 4.69) is 0 Å². The van der Waals surface area contributed by atoms with Crippen LogP contribution in [0.3, 0.4) is 0 Å². The predicted molar refractivity (Wildman–Crippen MR) is 92.5 cm³/mol. The lowest BCUT2D eigenvalue weighted by molar-refractivity contribution is -0.122. The van der Waals surface area contributed by atoms with Crippen LogP contribution in [-0.4, -0.2) is 29.7 Å². The van der Waals surface area contributed by atoms with Crippen molar-refractivity contribution in [3.05, 3.63) is 71.8 Å². The minimum atomic E-state index is -0.201. The van der Waals surface area contributed by atoms with Gasteiger partial charge in [0, 0.05) is 25.1 Å². The number of likely N-dealkylation sites (tertiary alicyclic amines) is 1. The molecule has 0 bridgehead atoms. The molecule has 0 aromatic heterocycles. The molecule has 120 valence electrons. The summed E-state index contributed by atoms with van der Waals surface area (Å²) in [5.74, 6) is 0.0231. The minimum absolute atomic E-state index is 0.00373. The Balaban J connectivity index is 0.000000924. The predicted octanol–water partition coefficient (Wildman–Crippen LogP) is 3.91. The Hall–Kier alpha value is -2.42. The molecule has 1 aliphatic rings. The van der Waals surface area contributed by atoms with Crippen molar-refractivity contribution in [3.8, 4) is 0 Å². The van der Waals surface area contributed by atoms with Crippen molar-refractivity contribution in [3.63, 3.8) is 0 Å². The fourth-order valence-electron chi connectivity index (χ4n) is 2.76. The Morgan fingerprint density at radius 3 is 2.13 bits per heavy atom. The molecule has 3 nitrogen and oxygen atoms in total. The Morgan fingerprint density at radius 2 is 1.52 bits per heavy atom. The lowest BCUT2D eigenvalue weighted by Crippen LogP contribution is -2.43. The van der Waals surface area contributed by atoms with Crippen LogP contribution in [-0.2, 0) is 4.79 Å². The topological polar surface area (TPSA) is 37.4 Å². The van der Waals surface area contributed by atoms with E-state index >= 15 is 0 Å². The number of amides is 1. The normalized spacial score (nSPS) is 17.2. The van der Waals surface area contributed by atoms with Gasteiger partial charge in [0.1, 0.15) is 5.78 Å². The van der Waals surface area contributed by atoms with Crippen molar-refractivity contribution >= 4 is 11.7 Å². The summed E-state index contributed by atoms with van der Waals surface area (Å²) in [5.41, 5.74) is 1.67. The number of carbonyl (C=O) groups excluding carboxylic acids is 2. The average Bonchev–Trinajstić information content (AvgIpc) is 2.65. The number of hydrogen-bond donors (Lipinski definition) is 0. The zero-order valence-corrected chi connectivity index (χ0v) is 13.7. The quantitative estimate of drug-likeness (QED) is 0.843. The van der Waals surface area contributed by atoms with E-state index in [9.17, 15) is 9.59 Å². The number of benzene rings is 2. The Labute approximate surface area is 137 Å². The van der Waals surface area contributed by atoms with Crippen molar-refractivity contribution in [1.82, 2.24) is 4.90 Å². The monoisotopic (exact) mass is 309 g/mol. The third-order valence-corrected chi connectivity index (χ3v) is 3.93. The molecule has 0 spiro atoms. The van der Waals surface area contributed by atoms with E-state index in [1.54, 1.807) is 4.90 Å². The van der Waals surface area contributed by atoms with Crippen LogP contribution in [0, 0.1) is 0 Å². The molecular weight excluding hydrogens is 286 g/mol. The highest BCUT2D eigenvalue weighted by atomic mass is 16.2. The molecule has 23 heavy (non-hydrogen) atoms. The standard InChI is InChI=1S/C18H17NO2.C2H6/c20-17-11-12-19(18(21)15-9-5-2-6-10-15)13-16(17)14-7-3-1-4-8-14;1-2/h1-10,16H,11-13H2;1-2H3. The first-order chi connectivity index (χ1) is 11.3. The highest BCUT2D eigenvalue weighted by molar-refractivity contribution is 5.96. The van der Waals surface area contributed by atoms with Crippen molar-refractivity contribution in [2.75, 3.05) is 13.1 Å². The summed E-state index contributed by atoms with van der Waals surface area (Å²) in [6.07, 6.45) is 0.429. The largest absolute Gasteiger partial charge is 0.337 e. The van der Waals surface area contributed by atoms with Gasteiger partial charge in [-0.15, -0.1) is 0 Å². The highest BCUT2D eigenvalue weighted by Gasteiger charge is 2.31. The van der Waals surface area contributed by atoms with Gasteiger partial charge >= 0.3 is 0 Å². The summed E-state index contributed by atoms with van der Waals surface area (Å²) in [6.45, 7) is 4.98. The van der Waals surface area contributed by atoms with E-state index in [4.69, 9.17) is 0 Å². The summed E-state index contributed by atoms with van der Waals surface area (Å²) < 4.78 is 0. The maximum absolute atomic E-state index is 12.5. The van der Waals surface area contributed by atoms with Gasteiger partial charge in [-0.1, -0.05) is 62.4 Å². The van der Waals surface area contributed by atoms with Crippen LogP contribution >= 0.6 is 0 Å². The molecule has 1 saturated heterocycles. The second-order valence-corrected chi connectivity index (χ2v) is 5.30. The van der Waals surface area contributed by atoms with Crippen molar-refractivity contribution < 1.29 is 9.59 Å². The number of ketones is 1. The van der Waals surface area contributed by atoms with E-state index in [1.807, 2.05) is 74.5 Å². The van der Waals surface area contributed by atoms with Gasteiger partial charge in [-0.05, 0) is 17.7 Å². The number of hydrogen-bond acceptors (Lipinski definition) is 2. The van der Waals surface area contributed by atoms with Crippen LogP contribution in [0.5, 0.6) is 0 Å². The maximum atomic E-state index is 12.5. The van der Waals surface area contributed by atoms with Crippen molar-refractivity contribution in [1.29, 1.82) is 0 Å². The summed E-state index contributed by atoms with van der Waals surface area (Å²) in [4.78, 5) is 26.4. The van der Waals surface area contributed by atoms with Gasteiger partial charge < -0.3 is 4.90 Å². The van der Waals surface area contributed by atoms with Gasteiger partial charge in [-0.3, -0.25) is 9.59 Å². The summed E-state index contributed by atoms with van der Waals surface area (Å²) in [7, 11) is 0.